The summed E-state index contributed by atoms with van der Waals surface area (Å²) >= 11 is 0. The zero-order chi connectivity index (χ0) is 18.4. The number of hydrogen-bond acceptors (Lipinski definition) is 8. The van der Waals surface area contributed by atoms with Gasteiger partial charge in [0.25, 0.3) is 11.4 Å². The average molecular weight is 347 g/mol. The van der Waals surface area contributed by atoms with Gasteiger partial charge in [-0.3, -0.25) is 20.2 Å². The fourth-order valence-corrected chi connectivity index (χ4v) is 1.61. The Hall–Kier alpha value is -4.16. The highest BCUT2D eigenvalue weighted by atomic mass is 16.6. The maximum atomic E-state index is 10.3. The molecule has 0 amide bonds. The molecule has 3 rings (SSSR count). The van der Waals surface area contributed by atoms with Crippen molar-refractivity contribution in [2.75, 3.05) is 0 Å². The lowest BCUT2D eigenvalue weighted by molar-refractivity contribution is -0.389. The quantitative estimate of drug-likeness (QED) is 0.509. The van der Waals surface area contributed by atoms with Gasteiger partial charge in [-0.15, -0.1) is 0 Å². The maximum Gasteiger partial charge on any atom is 0.383 e. The highest BCUT2D eigenvalue weighted by molar-refractivity contribution is 5.39. The highest BCUT2D eigenvalue weighted by Crippen LogP contribution is 2.16. The van der Waals surface area contributed by atoms with Crippen molar-refractivity contribution in [2.24, 2.45) is 0 Å². The molecule has 0 N–H and O–H groups in total. The van der Waals surface area contributed by atoms with Crippen LogP contribution < -0.4 is 0 Å². The topological polar surface area (TPSA) is 165 Å². The van der Waals surface area contributed by atoms with Crippen molar-refractivity contribution in [3.63, 3.8) is 0 Å². The summed E-state index contributed by atoms with van der Waals surface area (Å²) in [5, 5.41) is 30.5. The van der Waals surface area contributed by atoms with Crippen LogP contribution in [-0.4, -0.2) is 34.1 Å². The minimum absolute atomic E-state index is 0.152. The molecular formula is C12H9N7O6. The standard InChI is InChI=1S/C6H5N5O2.C6H4N2O4/c12-11(13)6-3-10(5-8-6)9-2-1-7-4-9;9-7(10)5-1-2-6(4-3-5)8(11)12/h1-5H;1-4H. The first-order valence-electron chi connectivity index (χ1n) is 6.44. The summed E-state index contributed by atoms with van der Waals surface area (Å²) in [6.45, 7) is 0. The zero-order valence-electron chi connectivity index (χ0n) is 12.3. The molecule has 0 fully saturated rings. The smallest absolute Gasteiger partial charge is 0.358 e. The molecular weight excluding hydrogens is 338 g/mol. The Balaban J connectivity index is 0.000000181. The second-order valence-electron chi connectivity index (χ2n) is 4.34. The number of aromatic nitrogens is 4. The molecule has 13 heteroatoms. The highest BCUT2D eigenvalue weighted by Gasteiger charge is 2.10. The van der Waals surface area contributed by atoms with Crippen molar-refractivity contribution in [3.05, 3.63) is 85.9 Å². The molecule has 25 heavy (non-hydrogen) atoms. The minimum Gasteiger partial charge on any atom is -0.358 e. The molecule has 0 aliphatic carbocycles. The molecule has 3 aromatic rings. The third-order valence-electron chi connectivity index (χ3n) is 2.77. The average Bonchev–Trinajstić information content (AvgIpc) is 3.26. The van der Waals surface area contributed by atoms with Crippen LogP contribution in [0.15, 0.2) is 55.5 Å². The second kappa shape index (κ2) is 7.40. The molecule has 0 aliphatic heterocycles. The van der Waals surface area contributed by atoms with Gasteiger partial charge in [0.2, 0.25) is 6.33 Å². The van der Waals surface area contributed by atoms with Gasteiger partial charge in [-0.1, -0.05) is 0 Å². The van der Waals surface area contributed by atoms with Crippen molar-refractivity contribution < 1.29 is 14.8 Å². The molecule has 0 unspecified atom stereocenters. The van der Waals surface area contributed by atoms with Gasteiger partial charge in [-0.2, -0.15) is 0 Å². The third-order valence-corrected chi connectivity index (χ3v) is 2.77. The Bertz CT molecular complexity index is 854. The van der Waals surface area contributed by atoms with Crippen molar-refractivity contribution in [1.29, 1.82) is 0 Å². The summed E-state index contributed by atoms with van der Waals surface area (Å²) < 4.78 is 3.03. The van der Waals surface area contributed by atoms with Crippen molar-refractivity contribution >= 4 is 17.2 Å². The van der Waals surface area contributed by atoms with Crippen molar-refractivity contribution in [3.8, 4) is 0 Å². The Kier molecular flexibility index (Phi) is 5.09. The molecule has 2 aromatic heterocycles. The largest absolute Gasteiger partial charge is 0.383 e. The predicted molar refractivity (Wildman–Crippen MR) is 81.7 cm³/mol. The van der Waals surface area contributed by atoms with E-state index >= 15 is 0 Å². The predicted octanol–water partition coefficient (Wildman–Crippen LogP) is 1.80. The van der Waals surface area contributed by atoms with Crippen LogP contribution in [0.4, 0.5) is 17.2 Å². The summed E-state index contributed by atoms with van der Waals surface area (Å²) in [4.78, 5) is 36.1. The van der Waals surface area contributed by atoms with Crippen LogP contribution in [0.3, 0.4) is 0 Å². The first-order valence-corrected chi connectivity index (χ1v) is 6.44. The molecule has 0 saturated heterocycles. The van der Waals surface area contributed by atoms with E-state index in [4.69, 9.17) is 0 Å². The maximum absolute atomic E-state index is 10.3. The lowest BCUT2D eigenvalue weighted by Crippen LogP contribution is -2.02. The van der Waals surface area contributed by atoms with E-state index < -0.39 is 14.8 Å². The third kappa shape index (κ3) is 4.41. The van der Waals surface area contributed by atoms with Gasteiger partial charge in [0.15, 0.2) is 0 Å². The lowest BCUT2D eigenvalue weighted by atomic mass is 10.3. The Morgan fingerprint density at radius 1 is 0.800 bits per heavy atom. The summed E-state index contributed by atoms with van der Waals surface area (Å²) in [6, 6.07) is 4.38. The molecule has 1 aromatic carbocycles. The summed E-state index contributed by atoms with van der Waals surface area (Å²) in [5.74, 6) is -0.186. The first kappa shape index (κ1) is 17.2. The van der Waals surface area contributed by atoms with E-state index in [-0.39, 0.29) is 17.2 Å². The Labute approximate surface area is 138 Å². The Morgan fingerprint density at radius 2 is 1.36 bits per heavy atom. The first-order chi connectivity index (χ1) is 11.9. The fourth-order valence-electron chi connectivity index (χ4n) is 1.61. The summed E-state index contributed by atoms with van der Waals surface area (Å²) in [6.07, 6.45) is 7.41. The molecule has 0 bridgehead atoms. The molecule has 0 radical (unpaired) electrons. The van der Waals surface area contributed by atoms with E-state index in [0.29, 0.717) is 0 Å². The number of non-ortho nitro benzene ring substituents is 2. The van der Waals surface area contributed by atoms with E-state index in [0.717, 1.165) is 24.3 Å². The van der Waals surface area contributed by atoms with Crippen LogP contribution in [0, 0.1) is 30.3 Å². The molecule has 0 spiro atoms. The second-order valence-corrected chi connectivity index (χ2v) is 4.34. The monoisotopic (exact) mass is 347 g/mol. The molecule has 13 nitrogen and oxygen atoms in total. The van der Waals surface area contributed by atoms with E-state index in [1.165, 1.54) is 23.5 Å². The number of nitro benzene ring substituents is 2. The summed E-state index contributed by atoms with van der Waals surface area (Å²) in [5.41, 5.74) is -0.304. The number of nitro groups is 3. The molecule has 2 heterocycles. The lowest BCUT2D eigenvalue weighted by Gasteiger charge is -1.96. The molecule has 128 valence electrons. The number of imidazole rings is 2. The molecule has 0 saturated carbocycles. The summed E-state index contributed by atoms with van der Waals surface area (Å²) in [7, 11) is 0. The fraction of sp³-hybridized carbons (Fsp3) is 0. The van der Waals surface area contributed by atoms with Gasteiger partial charge in [-0.25, -0.2) is 14.3 Å². The van der Waals surface area contributed by atoms with Crippen LogP contribution in [0.1, 0.15) is 0 Å². The van der Waals surface area contributed by atoms with Crippen LogP contribution >= 0.6 is 0 Å². The van der Waals surface area contributed by atoms with Crippen molar-refractivity contribution in [2.45, 2.75) is 0 Å². The van der Waals surface area contributed by atoms with Gasteiger partial charge < -0.3 is 10.1 Å². The van der Waals surface area contributed by atoms with E-state index in [1.54, 1.807) is 17.1 Å². The molecule has 0 atom stereocenters. The normalized spacial score (nSPS) is 9.76. The number of benzene rings is 1. The number of rotatable bonds is 4. The van der Waals surface area contributed by atoms with E-state index in [9.17, 15) is 30.3 Å². The van der Waals surface area contributed by atoms with Crippen LogP contribution in [0.25, 0.3) is 0 Å². The van der Waals surface area contributed by atoms with Crippen molar-refractivity contribution in [1.82, 2.24) is 19.3 Å². The Morgan fingerprint density at radius 3 is 1.72 bits per heavy atom. The van der Waals surface area contributed by atoms with Crippen LogP contribution in [0.5, 0.6) is 0 Å². The van der Waals surface area contributed by atoms with Gasteiger partial charge in [0, 0.05) is 36.7 Å². The number of hydrogen-bond donors (Lipinski definition) is 0. The van der Waals surface area contributed by atoms with Gasteiger partial charge >= 0.3 is 5.82 Å². The van der Waals surface area contributed by atoms with Gasteiger partial charge in [0.05, 0.1) is 9.85 Å². The van der Waals surface area contributed by atoms with Gasteiger partial charge in [0.1, 0.15) is 12.5 Å². The minimum atomic E-state index is -0.607. The zero-order valence-corrected chi connectivity index (χ0v) is 12.3. The van der Waals surface area contributed by atoms with Crippen LogP contribution in [-0.2, 0) is 0 Å². The van der Waals surface area contributed by atoms with E-state index in [2.05, 4.69) is 9.97 Å². The number of nitrogens with zero attached hydrogens (tertiary/aromatic N) is 7. The SMILES string of the molecule is O=[N+]([O-])c1ccc([N+](=O)[O-])cc1.O=[N+]([O-])c1cn(-n2ccnc2)cn1. The van der Waals surface area contributed by atoms with Crippen LogP contribution in [0.2, 0.25) is 0 Å². The molecule has 0 aliphatic rings. The van der Waals surface area contributed by atoms with E-state index in [1.807, 2.05) is 0 Å². The van der Waals surface area contributed by atoms with Gasteiger partial charge in [-0.05, 0) is 9.91 Å².